The second-order valence-corrected chi connectivity index (χ2v) is 4.13. The van der Waals surface area contributed by atoms with Crippen LogP contribution in [0.2, 0.25) is 0 Å². The first kappa shape index (κ1) is 10.6. The Balaban J connectivity index is 2.11. The highest BCUT2D eigenvalue weighted by molar-refractivity contribution is 7.17. The van der Waals surface area contributed by atoms with Crippen molar-refractivity contribution in [2.24, 2.45) is 5.11 Å². The van der Waals surface area contributed by atoms with Crippen LogP contribution in [0, 0.1) is 11.8 Å². The predicted molar refractivity (Wildman–Crippen MR) is 67.3 cm³/mol. The molecule has 0 aliphatic heterocycles. The number of fused-ring (bicyclic) bond motifs is 1. The van der Waals surface area contributed by atoms with E-state index in [1.807, 2.05) is 6.07 Å². The Hall–Kier alpha value is -1.95. The second kappa shape index (κ2) is 5.22. The molecule has 16 heavy (non-hydrogen) atoms. The van der Waals surface area contributed by atoms with Crippen molar-refractivity contribution >= 4 is 21.4 Å². The van der Waals surface area contributed by atoms with E-state index in [4.69, 9.17) is 5.53 Å². The van der Waals surface area contributed by atoms with Gasteiger partial charge in [-0.15, -0.1) is 11.3 Å². The van der Waals surface area contributed by atoms with Gasteiger partial charge in [0.1, 0.15) is 0 Å². The van der Waals surface area contributed by atoms with E-state index in [0.717, 1.165) is 5.56 Å². The zero-order valence-electron chi connectivity index (χ0n) is 8.55. The highest BCUT2D eigenvalue weighted by atomic mass is 32.1. The Labute approximate surface area is 97.3 Å². The summed E-state index contributed by atoms with van der Waals surface area (Å²) in [5.41, 5.74) is 9.09. The molecule has 1 aromatic heterocycles. The first-order valence-electron chi connectivity index (χ1n) is 4.87. The molecule has 0 amide bonds. The third-order valence-electron chi connectivity index (χ3n) is 2.09. The number of azide groups is 1. The van der Waals surface area contributed by atoms with E-state index in [1.165, 1.54) is 10.1 Å². The van der Waals surface area contributed by atoms with Crippen LogP contribution in [0.15, 0.2) is 34.8 Å². The van der Waals surface area contributed by atoms with Crippen LogP contribution in [0.3, 0.4) is 0 Å². The Bertz CT molecular complexity index is 597. The summed E-state index contributed by atoms with van der Waals surface area (Å²) >= 11 is 1.73. The molecule has 0 saturated heterocycles. The van der Waals surface area contributed by atoms with Crippen molar-refractivity contribution in [3.8, 4) is 11.8 Å². The minimum Gasteiger partial charge on any atom is -0.144 e. The van der Waals surface area contributed by atoms with Crippen molar-refractivity contribution in [3.63, 3.8) is 0 Å². The maximum absolute atomic E-state index is 8.09. The zero-order chi connectivity index (χ0) is 11.2. The molecule has 4 heteroatoms. The molecule has 0 aliphatic rings. The van der Waals surface area contributed by atoms with Crippen LogP contribution in [-0.4, -0.2) is 6.54 Å². The van der Waals surface area contributed by atoms with Crippen molar-refractivity contribution in [3.05, 3.63) is 45.7 Å². The lowest BCUT2D eigenvalue weighted by molar-refractivity contribution is 1.01. The number of rotatable bonds is 2. The molecule has 2 aromatic rings. The number of benzene rings is 1. The number of hydrogen-bond donors (Lipinski definition) is 0. The van der Waals surface area contributed by atoms with E-state index in [9.17, 15) is 0 Å². The molecule has 0 aliphatic carbocycles. The van der Waals surface area contributed by atoms with Gasteiger partial charge in [-0.1, -0.05) is 17.0 Å². The molecule has 0 radical (unpaired) electrons. The SMILES string of the molecule is [N-]=[N+]=NCCC#Cc1ccc2sccc2c1. The van der Waals surface area contributed by atoms with Gasteiger partial charge in [0, 0.05) is 28.1 Å². The van der Waals surface area contributed by atoms with Gasteiger partial charge in [0.05, 0.1) is 0 Å². The third kappa shape index (κ3) is 2.54. The molecule has 2 rings (SSSR count). The summed E-state index contributed by atoms with van der Waals surface area (Å²) in [6.07, 6.45) is 0.603. The molecular weight excluding hydrogens is 218 g/mol. The minimum atomic E-state index is 0.435. The standard InChI is InChI=1S/C12H9N3S/c13-15-14-7-2-1-3-10-4-5-12-11(9-10)6-8-16-12/h4-6,8-9H,2,7H2. The van der Waals surface area contributed by atoms with Gasteiger partial charge in [-0.05, 0) is 40.6 Å². The molecule has 0 unspecified atom stereocenters. The quantitative estimate of drug-likeness (QED) is 0.245. The molecule has 78 valence electrons. The Morgan fingerprint density at radius 2 is 2.31 bits per heavy atom. The van der Waals surface area contributed by atoms with Gasteiger partial charge in [0.25, 0.3) is 0 Å². The average Bonchev–Trinajstić information content (AvgIpc) is 2.76. The van der Waals surface area contributed by atoms with Gasteiger partial charge in [0.2, 0.25) is 0 Å². The lowest BCUT2D eigenvalue weighted by Gasteiger charge is -1.90. The first-order chi connectivity index (χ1) is 7.90. The molecule has 0 saturated carbocycles. The van der Waals surface area contributed by atoms with Gasteiger partial charge in [-0.2, -0.15) is 0 Å². The van der Waals surface area contributed by atoms with Gasteiger partial charge in [-0.3, -0.25) is 0 Å². The van der Waals surface area contributed by atoms with Gasteiger partial charge >= 0.3 is 0 Å². The lowest BCUT2D eigenvalue weighted by Crippen LogP contribution is -1.75. The van der Waals surface area contributed by atoms with Crippen molar-refractivity contribution in [1.29, 1.82) is 0 Å². The molecule has 0 N–H and O–H groups in total. The van der Waals surface area contributed by atoms with Crippen LogP contribution < -0.4 is 0 Å². The van der Waals surface area contributed by atoms with Crippen molar-refractivity contribution in [2.75, 3.05) is 6.54 Å². The second-order valence-electron chi connectivity index (χ2n) is 3.18. The smallest absolute Gasteiger partial charge is 0.0367 e. The summed E-state index contributed by atoms with van der Waals surface area (Å²) in [6.45, 7) is 0.435. The molecule has 0 atom stereocenters. The summed E-state index contributed by atoms with van der Waals surface area (Å²) < 4.78 is 1.28. The Morgan fingerprint density at radius 1 is 1.38 bits per heavy atom. The van der Waals surface area contributed by atoms with Crippen LogP contribution in [0.25, 0.3) is 20.5 Å². The first-order valence-corrected chi connectivity index (χ1v) is 5.75. The Kier molecular flexibility index (Phi) is 3.45. The largest absolute Gasteiger partial charge is 0.144 e. The van der Waals surface area contributed by atoms with Crippen molar-refractivity contribution < 1.29 is 0 Å². The van der Waals surface area contributed by atoms with E-state index in [-0.39, 0.29) is 0 Å². The number of nitrogens with zero attached hydrogens (tertiary/aromatic N) is 3. The summed E-state index contributed by atoms with van der Waals surface area (Å²) in [5.74, 6) is 6.04. The maximum Gasteiger partial charge on any atom is 0.0367 e. The van der Waals surface area contributed by atoms with E-state index < -0.39 is 0 Å². The molecule has 1 heterocycles. The third-order valence-corrected chi connectivity index (χ3v) is 2.98. The predicted octanol–water partition coefficient (Wildman–Crippen LogP) is 3.95. The Morgan fingerprint density at radius 3 is 3.19 bits per heavy atom. The molecule has 0 spiro atoms. The molecule has 3 nitrogen and oxygen atoms in total. The minimum absolute atomic E-state index is 0.435. The van der Waals surface area contributed by atoms with Crippen LogP contribution in [0.5, 0.6) is 0 Å². The van der Waals surface area contributed by atoms with E-state index in [0.29, 0.717) is 13.0 Å². The number of thiophene rings is 1. The van der Waals surface area contributed by atoms with Gasteiger partial charge in [0.15, 0.2) is 0 Å². The van der Waals surface area contributed by atoms with E-state index >= 15 is 0 Å². The van der Waals surface area contributed by atoms with Crippen LogP contribution in [-0.2, 0) is 0 Å². The van der Waals surface area contributed by atoms with E-state index in [2.05, 4.69) is 45.4 Å². The van der Waals surface area contributed by atoms with Crippen molar-refractivity contribution in [1.82, 2.24) is 0 Å². The topological polar surface area (TPSA) is 48.8 Å². The fraction of sp³-hybridized carbons (Fsp3) is 0.167. The summed E-state index contributed by atoms with van der Waals surface area (Å²) in [7, 11) is 0. The summed E-state index contributed by atoms with van der Waals surface area (Å²) in [4.78, 5) is 2.67. The van der Waals surface area contributed by atoms with Gasteiger partial charge < -0.3 is 0 Å². The number of hydrogen-bond acceptors (Lipinski definition) is 2. The molecule has 0 bridgehead atoms. The summed E-state index contributed by atoms with van der Waals surface area (Å²) in [6, 6.07) is 8.26. The fourth-order valence-electron chi connectivity index (χ4n) is 1.36. The molecular formula is C12H9N3S. The highest BCUT2D eigenvalue weighted by Crippen LogP contribution is 2.21. The molecule has 1 aromatic carbocycles. The monoisotopic (exact) mass is 227 g/mol. The summed E-state index contributed by atoms with van der Waals surface area (Å²) in [5, 5.41) is 6.73. The normalized spacial score (nSPS) is 9.25. The van der Waals surface area contributed by atoms with Crippen molar-refractivity contribution in [2.45, 2.75) is 6.42 Å². The average molecular weight is 227 g/mol. The van der Waals surface area contributed by atoms with Gasteiger partial charge in [-0.25, -0.2) is 0 Å². The zero-order valence-corrected chi connectivity index (χ0v) is 9.37. The molecule has 0 fully saturated rings. The van der Waals surface area contributed by atoms with Crippen LogP contribution in [0.4, 0.5) is 0 Å². The highest BCUT2D eigenvalue weighted by Gasteiger charge is 1.94. The van der Waals surface area contributed by atoms with Crippen LogP contribution >= 0.6 is 11.3 Å². The van der Waals surface area contributed by atoms with Crippen LogP contribution in [0.1, 0.15) is 12.0 Å². The maximum atomic E-state index is 8.09. The fourth-order valence-corrected chi connectivity index (χ4v) is 2.13. The van der Waals surface area contributed by atoms with E-state index in [1.54, 1.807) is 11.3 Å². The lowest BCUT2D eigenvalue weighted by atomic mass is 10.2.